The zero-order valence-corrected chi connectivity index (χ0v) is 32.1. The van der Waals surface area contributed by atoms with Gasteiger partial charge in [-0.3, -0.25) is 0 Å². The van der Waals surface area contributed by atoms with Crippen LogP contribution in [-0.4, -0.2) is 69.2 Å². The summed E-state index contributed by atoms with van der Waals surface area (Å²) in [6.45, 7) is 3.27. The Bertz CT molecular complexity index is 1860. The molecule has 0 atom stereocenters. The average molecular weight is 805 g/mol. The van der Waals surface area contributed by atoms with Gasteiger partial charge in [0.15, 0.2) is 0 Å². The number of allylic oxidation sites excluding steroid dienone is 8. The summed E-state index contributed by atoms with van der Waals surface area (Å²) in [4.78, 5) is 76.5. The van der Waals surface area contributed by atoms with E-state index in [-0.39, 0.29) is 48.0 Å². The smallest absolute Gasteiger partial charge is 0.348 e. The number of rotatable bonds is 6. The van der Waals surface area contributed by atoms with Crippen molar-refractivity contribution in [3.63, 3.8) is 0 Å². The Labute approximate surface area is 333 Å². The molecule has 4 spiro atoms. The molecule has 4 aliphatic heterocycles. The molecule has 0 aromatic carbocycles. The molecule has 0 unspecified atom stereocenters. The van der Waals surface area contributed by atoms with Crippen molar-refractivity contribution in [2.75, 3.05) is 0 Å². The molecule has 16 nitrogen and oxygen atoms in total. The lowest BCUT2D eigenvalue weighted by atomic mass is 9.87. The minimum atomic E-state index is -1.60. The fourth-order valence-electron chi connectivity index (χ4n) is 7.76. The van der Waals surface area contributed by atoms with E-state index in [1.54, 1.807) is 13.8 Å². The van der Waals surface area contributed by atoms with Crippen molar-refractivity contribution in [1.82, 2.24) is 0 Å². The highest BCUT2D eigenvalue weighted by Gasteiger charge is 2.55. The number of hydrogen-bond donors (Lipinski definition) is 2. The van der Waals surface area contributed by atoms with Gasteiger partial charge in [0.25, 0.3) is 35.0 Å². The molecule has 7 aliphatic rings. The SMILES string of the molecule is CC(/C=C/C1=C(O)OC2(CCC3(CC2)OC(=O)C(/C=C/C(C)=C/C=C2C(=O)OC4(CCCCC4)OC2=O)=C(O)O3)OC1=O)=C\C=C1C(=O)OC2(CCCCC2)OC1=O. The zero-order valence-electron chi connectivity index (χ0n) is 32.1. The molecule has 16 heteroatoms. The second-order valence-corrected chi connectivity index (χ2v) is 15.4. The highest BCUT2D eigenvalue weighted by Crippen LogP contribution is 2.47. The molecule has 3 saturated carbocycles. The molecule has 7 rings (SSSR count). The molecule has 0 bridgehead atoms. The van der Waals surface area contributed by atoms with Crippen LogP contribution in [0.2, 0.25) is 0 Å². The van der Waals surface area contributed by atoms with Crippen molar-refractivity contribution in [1.29, 1.82) is 0 Å². The Hall–Kier alpha value is -6.06. The minimum Gasteiger partial charge on any atom is -0.480 e. The lowest BCUT2D eigenvalue weighted by molar-refractivity contribution is -0.302. The molecule has 0 radical (unpaired) electrons. The fourth-order valence-corrected chi connectivity index (χ4v) is 7.76. The molecule has 5 fully saturated rings. The highest BCUT2D eigenvalue weighted by atomic mass is 16.8. The van der Waals surface area contributed by atoms with Gasteiger partial charge in [-0.25, -0.2) is 28.8 Å². The van der Waals surface area contributed by atoms with E-state index in [1.165, 1.54) is 48.6 Å². The zero-order chi connectivity index (χ0) is 41.3. The maximum absolute atomic E-state index is 13.1. The lowest BCUT2D eigenvalue weighted by Crippen LogP contribution is -2.53. The number of aliphatic hydroxyl groups is 2. The van der Waals surface area contributed by atoms with Gasteiger partial charge in [-0.15, -0.1) is 0 Å². The monoisotopic (exact) mass is 804 g/mol. The van der Waals surface area contributed by atoms with E-state index in [0.717, 1.165) is 38.5 Å². The second-order valence-electron chi connectivity index (χ2n) is 15.4. The van der Waals surface area contributed by atoms with Crippen LogP contribution in [0, 0.1) is 0 Å². The molecule has 4 heterocycles. The van der Waals surface area contributed by atoms with Crippen LogP contribution < -0.4 is 0 Å². The van der Waals surface area contributed by atoms with Gasteiger partial charge in [-0.2, -0.15) is 0 Å². The number of aliphatic hydroxyl groups excluding tert-OH is 2. The normalized spacial score (nSPS) is 25.6. The Morgan fingerprint density at radius 1 is 0.431 bits per heavy atom. The molecule has 2 saturated heterocycles. The highest BCUT2D eigenvalue weighted by molar-refractivity contribution is 6.16. The molecular weight excluding hydrogens is 760 g/mol. The lowest BCUT2D eigenvalue weighted by Gasteiger charge is -2.46. The summed E-state index contributed by atoms with van der Waals surface area (Å²) in [5.74, 6) is -11.9. The predicted octanol–water partition coefficient (Wildman–Crippen LogP) is 6.02. The Kier molecular flexibility index (Phi) is 10.9. The summed E-state index contributed by atoms with van der Waals surface area (Å²) in [6.07, 6.45) is 17.5. The first-order valence-corrected chi connectivity index (χ1v) is 19.4. The van der Waals surface area contributed by atoms with Gasteiger partial charge in [0.05, 0.1) is 0 Å². The van der Waals surface area contributed by atoms with Gasteiger partial charge in [0.1, 0.15) is 22.3 Å². The van der Waals surface area contributed by atoms with E-state index in [1.807, 2.05) is 0 Å². The van der Waals surface area contributed by atoms with Gasteiger partial charge in [0.2, 0.25) is 0 Å². The minimum absolute atomic E-state index is 0.0754. The van der Waals surface area contributed by atoms with E-state index in [0.29, 0.717) is 36.8 Å². The van der Waals surface area contributed by atoms with E-state index in [9.17, 15) is 39.0 Å². The molecular formula is C42H44O16. The van der Waals surface area contributed by atoms with E-state index >= 15 is 0 Å². The van der Waals surface area contributed by atoms with Crippen LogP contribution in [-0.2, 0) is 66.7 Å². The fraction of sp³-hybridized carbons (Fsp3) is 0.476. The second kappa shape index (κ2) is 15.7. The molecule has 3 aliphatic carbocycles. The van der Waals surface area contributed by atoms with Crippen molar-refractivity contribution in [2.45, 2.75) is 127 Å². The quantitative estimate of drug-likeness (QED) is 0.103. The van der Waals surface area contributed by atoms with Gasteiger partial charge in [-0.05, 0) is 63.8 Å². The van der Waals surface area contributed by atoms with E-state index in [4.69, 9.17) is 37.9 Å². The number of carbonyl (C=O) groups excluding carboxylic acids is 6. The molecule has 58 heavy (non-hydrogen) atoms. The van der Waals surface area contributed by atoms with E-state index in [2.05, 4.69) is 0 Å². The summed E-state index contributed by atoms with van der Waals surface area (Å²) in [5.41, 5.74) is -0.123. The number of hydrogen-bond acceptors (Lipinski definition) is 16. The third-order valence-corrected chi connectivity index (χ3v) is 11.1. The maximum atomic E-state index is 13.1. The third-order valence-electron chi connectivity index (χ3n) is 11.1. The topological polar surface area (TPSA) is 217 Å². The molecule has 2 N–H and O–H groups in total. The molecule has 0 amide bonds. The van der Waals surface area contributed by atoms with E-state index < -0.39 is 70.9 Å². The van der Waals surface area contributed by atoms with Crippen molar-refractivity contribution >= 4 is 35.8 Å². The van der Waals surface area contributed by atoms with Crippen LogP contribution in [0.15, 0.2) is 93.9 Å². The van der Waals surface area contributed by atoms with Gasteiger partial charge in [0, 0.05) is 51.4 Å². The van der Waals surface area contributed by atoms with Crippen molar-refractivity contribution in [3.05, 3.63) is 93.9 Å². The summed E-state index contributed by atoms with van der Waals surface area (Å²) < 4.78 is 44.6. The Balaban J connectivity index is 0.940. The first kappa shape index (κ1) is 40.1. The number of esters is 6. The van der Waals surface area contributed by atoms with Crippen molar-refractivity contribution < 1.29 is 76.9 Å². The van der Waals surface area contributed by atoms with Crippen LogP contribution in [0.4, 0.5) is 0 Å². The third kappa shape index (κ3) is 8.31. The number of ether oxygens (including phenoxy) is 8. The summed E-state index contributed by atoms with van der Waals surface area (Å²) in [5, 5.41) is 21.5. The van der Waals surface area contributed by atoms with Crippen LogP contribution >= 0.6 is 0 Å². The first-order valence-electron chi connectivity index (χ1n) is 19.4. The largest absolute Gasteiger partial charge is 0.480 e. The van der Waals surface area contributed by atoms with Crippen molar-refractivity contribution in [2.24, 2.45) is 0 Å². The summed E-state index contributed by atoms with van der Waals surface area (Å²) in [6, 6.07) is 0. The number of carbonyl (C=O) groups is 6. The molecule has 308 valence electrons. The molecule has 0 aromatic rings. The maximum Gasteiger partial charge on any atom is 0.348 e. The average Bonchev–Trinajstić information content (AvgIpc) is 3.15. The predicted molar refractivity (Wildman–Crippen MR) is 196 cm³/mol. The van der Waals surface area contributed by atoms with Crippen LogP contribution in [0.25, 0.3) is 0 Å². The van der Waals surface area contributed by atoms with Gasteiger partial charge >= 0.3 is 35.8 Å². The standard InChI is InChI=1S/C42H44O16/c1-25(9-13-27-31(43)51-39(52-32(27)44)17-5-3-6-18-39)11-15-29-35(47)55-41(56-36(29)48)21-23-42(24-22-41)57-37(49)30(38(50)58-42)16-12-26(2)10-14-28-33(45)53-40(54-34(28)46)19-7-4-8-20-40/h9-16,47,49H,3-8,17-24H2,1-2H3/b15-11+,16-12+,25-9+,26-10+. The van der Waals surface area contributed by atoms with Gasteiger partial charge < -0.3 is 48.1 Å². The van der Waals surface area contributed by atoms with Crippen LogP contribution in [0.5, 0.6) is 0 Å². The van der Waals surface area contributed by atoms with Gasteiger partial charge in [-0.1, -0.05) is 48.3 Å². The Morgan fingerprint density at radius 2 is 0.724 bits per heavy atom. The first-order chi connectivity index (χ1) is 27.6. The van der Waals surface area contributed by atoms with Crippen molar-refractivity contribution in [3.8, 4) is 0 Å². The molecule has 0 aromatic heterocycles. The van der Waals surface area contributed by atoms with Crippen LogP contribution in [0.3, 0.4) is 0 Å². The summed E-state index contributed by atoms with van der Waals surface area (Å²) >= 11 is 0. The van der Waals surface area contributed by atoms with Crippen LogP contribution in [0.1, 0.15) is 104 Å². The summed E-state index contributed by atoms with van der Waals surface area (Å²) in [7, 11) is 0. The Morgan fingerprint density at radius 3 is 1.03 bits per heavy atom.